The molecule has 1 aromatic heterocycles. The van der Waals surface area contributed by atoms with Crippen molar-refractivity contribution in [2.45, 2.75) is 83.1 Å². The predicted molar refractivity (Wildman–Crippen MR) is 151 cm³/mol. The Labute approximate surface area is 230 Å². The number of carboxylic acids is 1. The first-order chi connectivity index (χ1) is 18.3. The molecule has 9 heteroatoms. The average Bonchev–Trinajstić information content (AvgIpc) is 3.41. The number of nitrogens with zero attached hydrogens (tertiary/aromatic N) is 3. The maximum absolute atomic E-state index is 12.7. The molecule has 38 heavy (non-hydrogen) atoms. The highest BCUT2D eigenvalue weighted by molar-refractivity contribution is 6.30. The third-order valence-electron chi connectivity index (χ3n) is 7.83. The molecule has 1 unspecified atom stereocenters. The van der Waals surface area contributed by atoms with Crippen LogP contribution in [-0.2, 0) is 16.0 Å². The molecule has 0 radical (unpaired) electrons. The lowest BCUT2D eigenvalue weighted by Gasteiger charge is -2.24. The van der Waals surface area contributed by atoms with E-state index in [1.165, 1.54) is 32.1 Å². The van der Waals surface area contributed by atoms with Crippen molar-refractivity contribution < 1.29 is 14.7 Å². The van der Waals surface area contributed by atoms with Crippen LogP contribution in [0.2, 0.25) is 5.15 Å². The molecule has 0 spiro atoms. The Hall–Kier alpha value is -2.87. The Morgan fingerprint density at radius 2 is 1.71 bits per heavy atom. The van der Waals surface area contributed by atoms with Crippen molar-refractivity contribution in [3.63, 3.8) is 0 Å². The summed E-state index contributed by atoms with van der Waals surface area (Å²) >= 11 is 6.55. The quantitative estimate of drug-likeness (QED) is 0.327. The molecular formula is C29H40ClN5O3. The first-order valence-corrected chi connectivity index (χ1v) is 14.3. The Morgan fingerprint density at radius 3 is 2.37 bits per heavy atom. The monoisotopic (exact) mass is 541 g/mol. The van der Waals surface area contributed by atoms with Crippen molar-refractivity contribution in [1.29, 1.82) is 0 Å². The van der Waals surface area contributed by atoms with E-state index in [-0.39, 0.29) is 23.6 Å². The topological polar surface area (TPSA) is 107 Å². The highest BCUT2D eigenvalue weighted by Gasteiger charge is 2.27. The lowest BCUT2D eigenvalue weighted by molar-refractivity contribution is -0.138. The molecule has 1 amide bonds. The fourth-order valence-electron chi connectivity index (χ4n) is 5.55. The summed E-state index contributed by atoms with van der Waals surface area (Å²) in [5.41, 5.74) is 2.44. The van der Waals surface area contributed by atoms with Crippen molar-refractivity contribution >= 4 is 35.0 Å². The molecule has 0 bridgehead atoms. The number of likely N-dealkylation sites (N-methyl/N-ethyl adjacent to an activating group) is 1. The summed E-state index contributed by atoms with van der Waals surface area (Å²) in [4.78, 5) is 35.3. The number of carbonyl (C=O) groups excluding carboxylic acids is 1. The van der Waals surface area contributed by atoms with Gasteiger partial charge in [0.15, 0.2) is 0 Å². The highest BCUT2D eigenvalue weighted by Crippen LogP contribution is 2.32. The van der Waals surface area contributed by atoms with Gasteiger partial charge >= 0.3 is 5.97 Å². The fraction of sp³-hybridized carbons (Fsp3) is 0.586. The first-order valence-electron chi connectivity index (χ1n) is 13.9. The Balaban J connectivity index is 1.47. The lowest BCUT2D eigenvalue weighted by atomic mass is 9.89. The van der Waals surface area contributed by atoms with Crippen LogP contribution in [0, 0.1) is 5.92 Å². The number of benzene rings is 1. The summed E-state index contributed by atoms with van der Waals surface area (Å²) in [6, 6.07) is 8.44. The summed E-state index contributed by atoms with van der Waals surface area (Å²) in [5.74, 6) is -0.437. The molecular weight excluding hydrogens is 502 g/mol. The van der Waals surface area contributed by atoms with Crippen LogP contribution in [0.5, 0.6) is 0 Å². The third-order valence-corrected chi connectivity index (χ3v) is 8.12. The number of aliphatic carboxylic acids is 1. The second kappa shape index (κ2) is 13.3. The van der Waals surface area contributed by atoms with Gasteiger partial charge in [-0.3, -0.25) is 9.59 Å². The van der Waals surface area contributed by atoms with Gasteiger partial charge in [0.25, 0.3) is 0 Å². The van der Waals surface area contributed by atoms with E-state index in [1.807, 2.05) is 12.1 Å². The second-order valence-corrected chi connectivity index (χ2v) is 11.2. The minimum atomic E-state index is -1.02. The number of anilines is 2. The van der Waals surface area contributed by atoms with Crippen molar-refractivity contribution in [2.75, 3.05) is 30.4 Å². The zero-order valence-corrected chi connectivity index (χ0v) is 23.3. The number of carboxylic acid groups (broad SMARTS) is 1. The van der Waals surface area contributed by atoms with Crippen LogP contribution >= 0.6 is 11.6 Å². The summed E-state index contributed by atoms with van der Waals surface area (Å²) in [6.45, 7) is 2.62. The first kappa shape index (κ1) is 28.1. The van der Waals surface area contributed by atoms with Crippen LogP contribution in [0.25, 0.3) is 0 Å². The molecule has 2 aromatic rings. The van der Waals surface area contributed by atoms with Crippen molar-refractivity contribution in [3.05, 3.63) is 46.4 Å². The molecule has 8 nitrogen and oxygen atoms in total. The summed E-state index contributed by atoms with van der Waals surface area (Å²) in [5, 5.41) is 16.4. The molecule has 4 rings (SSSR count). The van der Waals surface area contributed by atoms with E-state index in [1.54, 1.807) is 18.9 Å². The van der Waals surface area contributed by atoms with Crippen LogP contribution < -0.4 is 15.5 Å². The summed E-state index contributed by atoms with van der Waals surface area (Å²) < 4.78 is 0. The van der Waals surface area contributed by atoms with Gasteiger partial charge in [-0.1, -0.05) is 55.8 Å². The van der Waals surface area contributed by atoms with Gasteiger partial charge < -0.3 is 20.6 Å². The van der Waals surface area contributed by atoms with Gasteiger partial charge in [0, 0.05) is 37.3 Å². The van der Waals surface area contributed by atoms with Crippen molar-refractivity contribution in [2.24, 2.45) is 5.92 Å². The van der Waals surface area contributed by atoms with Gasteiger partial charge in [-0.25, -0.2) is 9.97 Å². The number of hydrogen-bond acceptors (Lipinski definition) is 6. The van der Waals surface area contributed by atoms with Crippen molar-refractivity contribution in [1.82, 2.24) is 15.3 Å². The molecule has 3 N–H and O–H groups in total. The summed E-state index contributed by atoms with van der Waals surface area (Å²) in [6.07, 6.45) is 11.3. The lowest BCUT2D eigenvalue weighted by Crippen LogP contribution is -2.40. The zero-order valence-electron chi connectivity index (χ0n) is 22.5. The fourth-order valence-corrected chi connectivity index (χ4v) is 5.90. The third kappa shape index (κ3) is 7.59. The Bertz CT molecular complexity index is 1100. The molecule has 2 aliphatic carbocycles. The largest absolute Gasteiger partial charge is 0.481 e. The Kier molecular flexibility index (Phi) is 9.83. The standard InChI is InChI=1S/C29H40ClN5O3/c1-19(29(37)38)26-27(30)33-24(34-28(26)35(2)18-25(36)32-23-10-6-7-11-23)16-20-12-14-22(15-13-20)31-17-21-8-4-3-5-9-21/h12-15,19,21,23,31H,3-11,16-18H2,1-2H3,(H,32,36)(H,37,38). The number of aromatic nitrogens is 2. The van der Waals surface area contributed by atoms with E-state index in [2.05, 4.69) is 27.8 Å². The molecule has 2 fully saturated rings. The molecule has 1 aromatic carbocycles. The van der Waals surface area contributed by atoms with Gasteiger partial charge in [-0.2, -0.15) is 0 Å². The van der Waals surface area contributed by atoms with E-state index >= 15 is 0 Å². The minimum absolute atomic E-state index is 0.0595. The molecule has 1 heterocycles. The van der Waals surface area contributed by atoms with E-state index < -0.39 is 11.9 Å². The van der Waals surface area contributed by atoms with Gasteiger partial charge in [0.05, 0.1) is 12.5 Å². The zero-order chi connectivity index (χ0) is 27.1. The maximum Gasteiger partial charge on any atom is 0.310 e. The molecule has 1 atom stereocenters. The maximum atomic E-state index is 12.7. The number of rotatable bonds is 11. The van der Waals surface area contributed by atoms with E-state index in [4.69, 9.17) is 16.6 Å². The molecule has 206 valence electrons. The molecule has 2 saturated carbocycles. The number of halogens is 1. The van der Waals surface area contributed by atoms with E-state index in [9.17, 15) is 14.7 Å². The van der Waals surface area contributed by atoms with E-state index in [0.717, 1.165) is 49.4 Å². The van der Waals surface area contributed by atoms with Crippen molar-refractivity contribution in [3.8, 4) is 0 Å². The molecule has 0 saturated heterocycles. The van der Waals surface area contributed by atoms with Gasteiger partial charge in [-0.15, -0.1) is 0 Å². The van der Waals surface area contributed by atoms with Gasteiger partial charge in [0.1, 0.15) is 16.8 Å². The van der Waals surface area contributed by atoms with Gasteiger partial charge in [0.2, 0.25) is 5.91 Å². The molecule has 0 aliphatic heterocycles. The average molecular weight is 542 g/mol. The highest BCUT2D eigenvalue weighted by atomic mass is 35.5. The van der Waals surface area contributed by atoms with E-state index in [0.29, 0.717) is 23.6 Å². The van der Waals surface area contributed by atoms with Crippen LogP contribution in [0.15, 0.2) is 24.3 Å². The number of amides is 1. The van der Waals surface area contributed by atoms with Gasteiger partial charge in [-0.05, 0) is 56.2 Å². The number of hydrogen-bond donors (Lipinski definition) is 3. The van der Waals surface area contributed by atoms with Crippen LogP contribution in [0.1, 0.15) is 87.6 Å². The second-order valence-electron chi connectivity index (χ2n) is 10.9. The summed E-state index contributed by atoms with van der Waals surface area (Å²) in [7, 11) is 1.74. The number of nitrogens with one attached hydrogen (secondary N) is 2. The van der Waals surface area contributed by atoms with Crippen LogP contribution in [0.3, 0.4) is 0 Å². The Morgan fingerprint density at radius 1 is 1.05 bits per heavy atom. The normalized spacial score (nSPS) is 17.2. The van der Waals surface area contributed by atoms with Crippen LogP contribution in [0.4, 0.5) is 11.5 Å². The molecule has 2 aliphatic rings. The van der Waals surface area contributed by atoms with Crippen LogP contribution in [-0.4, -0.2) is 53.1 Å². The SMILES string of the molecule is CC(C(=O)O)c1c(Cl)nc(Cc2ccc(NCC3CCCCC3)cc2)nc1N(C)CC(=O)NC1CCCC1. The predicted octanol–water partition coefficient (Wildman–Crippen LogP) is 5.40. The smallest absolute Gasteiger partial charge is 0.310 e. The minimum Gasteiger partial charge on any atom is -0.481 e. The number of carbonyl (C=O) groups is 2.